The summed E-state index contributed by atoms with van der Waals surface area (Å²) in [5.74, 6) is 1.16. The van der Waals surface area contributed by atoms with Crippen LogP contribution in [-0.2, 0) is 15.1 Å². The van der Waals surface area contributed by atoms with Gasteiger partial charge >= 0.3 is 0 Å². The molecule has 0 spiro atoms. The zero-order valence-corrected chi connectivity index (χ0v) is 12.4. The van der Waals surface area contributed by atoms with Crippen molar-refractivity contribution in [2.45, 2.75) is 57.1 Å². The molecule has 0 radical (unpaired) electrons. The summed E-state index contributed by atoms with van der Waals surface area (Å²) >= 11 is 0. The number of nitrogens with zero attached hydrogens (tertiary/aromatic N) is 2. The largest absolute Gasteiger partial charge is 0.385 e. The highest BCUT2D eigenvalue weighted by Gasteiger charge is 2.41. The molecule has 20 heavy (non-hydrogen) atoms. The predicted molar refractivity (Wildman–Crippen MR) is 74.1 cm³/mol. The summed E-state index contributed by atoms with van der Waals surface area (Å²) < 4.78 is 16.3. The van der Waals surface area contributed by atoms with Gasteiger partial charge in [0.2, 0.25) is 11.7 Å². The molecule has 2 rings (SSSR count). The number of ether oxygens (including phenoxy) is 2. The van der Waals surface area contributed by atoms with Crippen LogP contribution in [0.25, 0.3) is 0 Å². The van der Waals surface area contributed by atoms with Gasteiger partial charge in [0, 0.05) is 20.3 Å². The third kappa shape index (κ3) is 3.37. The Bertz CT molecular complexity index is 402. The van der Waals surface area contributed by atoms with Crippen LogP contribution in [0.3, 0.4) is 0 Å². The van der Waals surface area contributed by atoms with Gasteiger partial charge in [-0.1, -0.05) is 5.16 Å². The third-order valence-corrected chi connectivity index (χ3v) is 3.86. The molecule has 0 amide bonds. The topological polar surface area (TPSA) is 83.4 Å². The molecule has 0 bridgehead atoms. The molecule has 114 valence electrons. The van der Waals surface area contributed by atoms with Crippen molar-refractivity contribution in [2.24, 2.45) is 5.73 Å². The molecule has 1 atom stereocenters. The van der Waals surface area contributed by atoms with Gasteiger partial charge in [0.05, 0.1) is 6.04 Å². The van der Waals surface area contributed by atoms with Crippen LogP contribution in [0.1, 0.15) is 63.2 Å². The van der Waals surface area contributed by atoms with Crippen molar-refractivity contribution in [3.05, 3.63) is 11.7 Å². The summed E-state index contributed by atoms with van der Waals surface area (Å²) in [4.78, 5) is 4.49. The van der Waals surface area contributed by atoms with Gasteiger partial charge in [-0.25, -0.2) is 0 Å². The highest BCUT2D eigenvalue weighted by molar-refractivity contribution is 5.05. The van der Waals surface area contributed by atoms with Crippen molar-refractivity contribution in [2.75, 3.05) is 20.3 Å². The van der Waals surface area contributed by atoms with Gasteiger partial charge in [0.1, 0.15) is 5.60 Å². The smallest absolute Gasteiger partial charge is 0.243 e. The Labute approximate surface area is 120 Å². The lowest BCUT2D eigenvalue weighted by Gasteiger charge is -2.24. The molecule has 0 aliphatic heterocycles. The predicted octanol–water partition coefficient (Wildman–Crippen LogP) is 2.30. The van der Waals surface area contributed by atoms with Gasteiger partial charge in [-0.3, -0.25) is 0 Å². The number of hydrogen-bond donors (Lipinski definition) is 1. The molecular weight excluding hydrogens is 258 g/mol. The Balaban J connectivity index is 2.03. The number of hydrogen-bond acceptors (Lipinski definition) is 6. The van der Waals surface area contributed by atoms with E-state index in [0.717, 1.165) is 38.5 Å². The molecule has 0 aromatic carbocycles. The van der Waals surface area contributed by atoms with Crippen molar-refractivity contribution in [3.63, 3.8) is 0 Å². The first-order valence-electron chi connectivity index (χ1n) is 7.44. The lowest BCUT2D eigenvalue weighted by atomic mass is 10.0. The SMILES string of the molecule is CCOC1(c2noc(C(N)CCCOC)n2)CCCC1. The average molecular weight is 283 g/mol. The zero-order chi connectivity index (χ0) is 14.4. The maximum absolute atomic E-state index is 6.07. The van der Waals surface area contributed by atoms with E-state index < -0.39 is 0 Å². The molecule has 6 nitrogen and oxygen atoms in total. The van der Waals surface area contributed by atoms with E-state index in [2.05, 4.69) is 10.1 Å². The number of rotatable bonds is 8. The summed E-state index contributed by atoms with van der Waals surface area (Å²) in [6.45, 7) is 3.35. The molecule has 1 saturated carbocycles. The fourth-order valence-electron chi connectivity index (χ4n) is 2.80. The summed E-state index contributed by atoms with van der Waals surface area (Å²) in [5, 5.41) is 4.12. The second-order valence-electron chi connectivity index (χ2n) is 5.33. The first-order valence-corrected chi connectivity index (χ1v) is 7.44. The highest BCUT2D eigenvalue weighted by atomic mass is 16.5. The van der Waals surface area contributed by atoms with Crippen molar-refractivity contribution >= 4 is 0 Å². The van der Waals surface area contributed by atoms with Crippen LogP contribution < -0.4 is 5.73 Å². The van der Waals surface area contributed by atoms with E-state index in [4.69, 9.17) is 19.7 Å². The number of nitrogens with two attached hydrogens (primary N) is 1. The van der Waals surface area contributed by atoms with Crippen LogP contribution >= 0.6 is 0 Å². The minimum absolute atomic E-state index is 0.230. The molecule has 2 N–H and O–H groups in total. The van der Waals surface area contributed by atoms with Crippen LogP contribution in [0.15, 0.2) is 4.52 Å². The minimum atomic E-state index is -0.358. The Morgan fingerprint density at radius 2 is 2.15 bits per heavy atom. The highest BCUT2D eigenvalue weighted by Crippen LogP contribution is 2.40. The maximum Gasteiger partial charge on any atom is 0.243 e. The second-order valence-corrected chi connectivity index (χ2v) is 5.33. The Morgan fingerprint density at radius 3 is 2.80 bits per heavy atom. The Hall–Kier alpha value is -0.980. The van der Waals surface area contributed by atoms with E-state index in [0.29, 0.717) is 24.9 Å². The fourth-order valence-corrected chi connectivity index (χ4v) is 2.80. The molecule has 1 fully saturated rings. The normalized spacial score (nSPS) is 19.4. The van der Waals surface area contributed by atoms with Gasteiger partial charge < -0.3 is 19.7 Å². The van der Waals surface area contributed by atoms with Crippen molar-refractivity contribution in [1.29, 1.82) is 0 Å². The fraction of sp³-hybridized carbons (Fsp3) is 0.857. The van der Waals surface area contributed by atoms with Gasteiger partial charge in [-0.15, -0.1) is 0 Å². The van der Waals surface area contributed by atoms with Crippen LogP contribution in [-0.4, -0.2) is 30.5 Å². The zero-order valence-electron chi connectivity index (χ0n) is 12.4. The van der Waals surface area contributed by atoms with E-state index in [1.807, 2.05) is 6.92 Å². The van der Waals surface area contributed by atoms with E-state index in [1.54, 1.807) is 7.11 Å². The third-order valence-electron chi connectivity index (χ3n) is 3.86. The number of methoxy groups -OCH3 is 1. The molecule has 1 unspecified atom stereocenters. The molecule has 1 aliphatic rings. The lowest BCUT2D eigenvalue weighted by molar-refractivity contribution is -0.0469. The number of aromatic nitrogens is 2. The molecular formula is C14H25N3O3. The first kappa shape index (κ1) is 15.4. The Kier molecular flexibility index (Phi) is 5.51. The van der Waals surface area contributed by atoms with Crippen LogP contribution in [0.2, 0.25) is 0 Å². The van der Waals surface area contributed by atoms with Crippen molar-refractivity contribution in [1.82, 2.24) is 10.1 Å². The molecule has 0 saturated heterocycles. The molecule has 1 heterocycles. The van der Waals surface area contributed by atoms with Gasteiger partial charge in [0.25, 0.3) is 0 Å². The maximum atomic E-state index is 6.07. The van der Waals surface area contributed by atoms with Gasteiger partial charge in [-0.2, -0.15) is 4.98 Å². The average Bonchev–Trinajstić information content (AvgIpc) is 3.08. The van der Waals surface area contributed by atoms with E-state index in [9.17, 15) is 0 Å². The Morgan fingerprint density at radius 1 is 1.40 bits per heavy atom. The first-order chi connectivity index (χ1) is 9.72. The summed E-state index contributed by atoms with van der Waals surface area (Å²) in [5.41, 5.74) is 5.71. The molecule has 6 heteroatoms. The van der Waals surface area contributed by atoms with Gasteiger partial charge in [0.15, 0.2) is 0 Å². The molecule has 1 aliphatic carbocycles. The van der Waals surface area contributed by atoms with Crippen molar-refractivity contribution < 1.29 is 14.0 Å². The van der Waals surface area contributed by atoms with E-state index >= 15 is 0 Å². The second kappa shape index (κ2) is 7.15. The van der Waals surface area contributed by atoms with E-state index in [1.165, 1.54) is 0 Å². The quantitative estimate of drug-likeness (QED) is 0.737. The van der Waals surface area contributed by atoms with Crippen molar-refractivity contribution in [3.8, 4) is 0 Å². The van der Waals surface area contributed by atoms with Crippen LogP contribution in [0, 0.1) is 0 Å². The minimum Gasteiger partial charge on any atom is -0.385 e. The summed E-state index contributed by atoms with van der Waals surface area (Å²) in [6.07, 6.45) is 5.86. The molecule has 1 aromatic rings. The molecule has 1 aromatic heterocycles. The standard InChI is InChI=1S/C14H25N3O3/c1-3-19-14(8-4-5-9-14)13-16-12(20-17-13)11(15)7-6-10-18-2/h11H,3-10,15H2,1-2H3. The van der Waals surface area contributed by atoms with Crippen LogP contribution in [0.5, 0.6) is 0 Å². The monoisotopic (exact) mass is 283 g/mol. The summed E-state index contributed by atoms with van der Waals surface area (Å²) in [7, 11) is 1.68. The van der Waals surface area contributed by atoms with Crippen LogP contribution in [0.4, 0.5) is 0 Å². The van der Waals surface area contributed by atoms with E-state index in [-0.39, 0.29) is 11.6 Å². The summed E-state index contributed by atoms with van der Waals surface area (Å²) in [6, 6.07) is -0.230. The lowest BCUT2D eigenvalue weighted by Crippen LogP contribution is -2.28. The van der Waals surface area contributed by atoms with Gasteiger partial charge in [-0.05, 0) is 45.4 Å².